The number of fused-ring (bicyclic) bond motifs is 1. The second-order valence-electron chi connectivity index (χ2n) is 7.06. The number of amides is 1. The van der Waals surface area contributed by atoms with E-state index in [2.05, 4.69) is 10.3 Å². The van der Waals surface area contributed by atoms with Crippen molar-refractivity contribution in [1.82, 2.24) is 10.3 Å². The third-order valence-electron chi connectivity index (χ3n) is 4.84. The van der Waals surface area contributed by atoms with Crippen molar-refractivity contribution in [1.29, 1.82) is 0 Å². The molecule has 0 unspecified atom stereocenters. The third-order valence-corrected chi connectivity index (χ3v) is 5.97. The van der Waals surface area contributed by atoms with Gasteiger partial charge in [-0.15, -0.1) is 0 Å². The molecule has 0 saturated carbocycles. The van der Waals surface area contributed by atoms with Gasteiger partial charge < -0.3 is 10.3 Å². The largest absolute Gasteiger partial charge is 0.356 e. The molecule has 0 aliphatic carbocycles. The second kappa shape index (κ2) is 8.21. The molecule has 1 amide bonds. The predicted molar refractivity (Wildman–Crippen MR) is 113 cm³/mol. The lowest BCUT2D eigenvalue weighted by atomic mass is 10.0. The number of halogens is 1. The molecule has 29 heavy (non-hydrogen) atoms. The maximum absolute atomic E-state index is 14.0. The highest BCUT2D eigenvalue weighted by Crippen LogP contribution is 2.27. The van der Waals surface area contributed by atoms with Crippen molar-refractivity contribution in [2.75, 3.05) is 12.8 Å². The first-order valence-electron chi connectivity index (χ1n) is 9.19. The lowest BCUT2D eigenvalue weighted by Crippen LogP contribution is -2.23. The van der Waals surface area contributed by atoms with Crippen LogP contribution < -0.4 is 5.32 Å². The number of sulfone groups is 1. The molecule has 3 aromatic rings. The Kier molecular flexibility index (Phi) is 5.88. The quantitative estimate of drug-likeness (QED) is 0.604. The minimum absolute atomic E-state index is 0.236. The monoisotopic (exact) mass is 414 g/mol. The molecule has 7 heteroatoms. The van der Waals surface area contributed by atoms with Crippen LogP contribution in [-0.4, -0.2) is 32.1 Å². The van der Waals surface area contributed by atoms with Crippen molar-refractivity contribution in [2.24, 2.45) is 0 Å². The summed E-state index contributed by atoms with van der Waals surface area (Å²) in [5, 5.41) is 3.70. The van der Waals surface area contributed by atoms with Crippen LogP contribution in [0.2, 0.25) is 0 Å². The molecule has 5 nitrogen and oxygen atoms in total. The van der Waals surface area contributed by atoms with Crippen molar-refractivity contribution in [2.45, 2.75) is 25.2 Å². The Balaban J connectivity index is 1.62. The number of hydrogen-bond donors (Lipinski definition) is 2. The Labute approximate surface area is 169 Å². The SMILES string of the molecule is Cc1[nH]c2c(F)ccc(C)c2c1CCNC(=O)/C=C/c1ccc(S(C)(=O)=O)cc1. The fourth-order valence-electron chi connectivity index (χ4n) is 3.32. The van der Waals surface area contributed by atoms with Crippen LogP contribution in [0.4, 0.5) is 4.39 Å². The van der Waals surface area contributed by atoms with E-state index in [0.717, 1.165) is 34.0 Å². The van der Waals surface area contributed by atoms with E-state index < -0.39 is 9.84 Å². The number of hydrogen-bond acceptors (Lipinski definition) is 3. The highest BCUT2D eigenvalue weighted by Gasteiger charge is 2.13. The van der Waals surface area contributed by atoms with E-state index in [1.54, 1.807) is 24.3 Å². The first-order valence-corrected chi connectivity index (χ1v) is 11.1. The van der Waals surface area contributed by atoms with Gasteiger partial charge in [0.25, 0.3) is 0 Å². The molecule has 2 N–H and O–H groups in total. The fourth-order valence-corrected chi connectivity index (χ4v) is 3.95. The maximum atomic E-state index is 14.0. The maximum Gasteiger partial charge on any atom is 0.244 e. The summed E-state index contributed by atoms with van der Waals surface area (Å²) in [6, 6.07) is 9.51. The number of aromatic amines is 1. The molecular weight excluding hydrogens is 391 g/mol. The summed E-state index contributed by atoms with van der Waals surface area (Å²) in [5.74, 6) is -0.536. The van der Waals surface area contributed by atoms with E-state index >= 15 is 0 Å². The van der Waals surface area contributed by atoms with Gasteiger partial charge in [0.1, 0.15) is 5.82 Å². The molecule has 0 saturated heterocycles. The van der Waals surface area contributed by atoms with E-state index in [4.69, 9.17) is 0 Å². The molecule has 2 aromatic carbocycles. The topological polar surface area (TPSA) is 79.0 Å². The molecule has 3 rings (SSSR count). The predicted octanol–water partition coefficient (Wildman–Crippen LogP) is 3.70. The Morgan fingerprint density at radius 3 is 2.48 bits per heavy atom. The molecule has 152 valence electrons. The van der Waals surface area contributed by atoms with Gasteiger partial charge in [0.15, 0.2) is 9.84 Å². The standard InChI is InChI=1S/C22H23FN2O3S/c1-14-4-10-19(23)22-21(14)18(15(2)25-22)12-13-24-20(26)11-7-16-5-8-17(9-6-16)29(3,27)28/h4-11,25H,12-13H2,1-3H3,(H,24,26)/b11-7+. The minimum Gasteiger partial charge on any atom is -0.356 e. The van der Waals surface area contributed by atoms with E-state index in [1.165, 1.54) is 24.3 Å². The summed E-state index contributed by atoms with van der Waals surface area (Å²) in [5.41, 5.74) is 4.11. The Morgan fingerprint density at radius 2 is 1.83 bits per heavy atom. The number of benzene rings is 2. The highest BCUT2D eigenvalue weighted by molar-refractivity contribution is 7.90. The van der Waals surface area contributed by atoms with Crippen molar-refractivity contribution in [3.8, 4) is 0 Å². The smallest absolute Gasteiger partial charge is 0.244 e. The van der Waals surface area contributed by atoms with Gasteiger partial charge in [-0.2, -0.15) is 0 Å². The molecule has 0 aliphatic rings. The van der Waals surface area contributed by atoms with Crippen LogP contribution in [0, 0.1) is 19.7 Å². The minimum atomic E-state index is -3.24. The number of H-pyrrole nitrogens is 1. The second-order valence-corrected chi connectivity index (χ2v) is 9.07. The van der Waals surface area contributed by atoms with Crippen LogP contribution in [0.1, 0.15) is 22.4 Å². The molecule has 0 aliphatic heterocycles. The molecule has 1 aromatic heterocycles. The molecule has 1 heterocycles. The van der Waals surface area contributed by atoms with Gasteiger partial charge in [-0.25, -0.2) is 12.8 Å². The van der Waals surface area contributed by atoms with E-state index in [0.29, 0.717) is 18.5 Å². The van der Waals surface area contributed by atoms with Crippen molar-refractivity contribution >= 4 is 32.7 Å². The van der Waals surface area contributed by atoms with Crippen LogP contribution in [0.15, 0.2) is 47.4 Å². The van der Waals surface area contributed by atoms with Crippen LogP contribution in [0.25, 0.3) is 17.0 Å². The summed E-state index contributed by atoms with van der Waals surface area (Å²) in [6.45, 7) is 4.25. The first-order chi connectivity index (χ1) is 13.7. The molecule has 0 bridgehead atoms. The Bertz CT molecular complexity index is 1190. The average Bonchev–Trinajstić information content (AvgIpc) is 3.00. The van der Waals surface area contributed by atoms with Gasteiger partial charge in [0, 0.05) is 30.0 Å². The van der Waals surface area contributed by atoms with E-state index in [-0.39, 0.29) is 16.6 Å². The molecule has 0 spiro atoms. The molecular formula is C22H23FN2O3S. The van der Waals surface area contributed by atoms with Crippen LogP contribution >= 0.6 is 0 Å². The zero-order chi connectivity index (χ0) is 21.2. The lowest BCUT2D eigenvalue weighted by molar-refractivity contribution is -0.116. The average molecular weight is 415 g/mol. The third kappa shape index (κ3) is 4.74. The van der Waals surface area contributed by atoms with Gasteiger partial charge in [0.05, 0.1) is 10.4 Å². The number of carbonyl (C=O) groups is 1. The zero-order valence-corrected chi connectivity index (χ0v) is 17.4. The summed E-state index contributed by atoms with van der Waals surface area (Å²) in [6.07, 6.45) is 4.76. The normalized spacial score (nSPS) is 12.0. The lowest BCUT2D eigenvalue weighted by Gasteiger charge is -2.05. The van der Waals surface area contributed by atoms with Crippen LogP contribution in [0.3, 0.4) is 0 Å². The fraction of sp³-hybridized carbons (Fsp3) is 0.227. The van der Waals surface area contributed by atoms with E-state index in [9.17, 15) is 17.6 Å². The number of aromatic nitrogens is 1. The Hall–Kier alpha value is -2.93. The van der Waals surface area contributed by atoms with E-state index in [1.807, 2.05) is 13.8 Å². The van der Waals surface area contributed by atoms with Gasteiger partial charge >= 0.3 is 0 Å². The summed E-state index contributed by atoms with van der Waals surface area (Å²) < 4.78 is 37.0. The van der Waals surface area contributed by atoms with Crippen LogP contribution in [0.5, 0.6) is 0 Å². The van der Waals surface area contributed by atoms with Gasteiger partial charge in [-0.05, 0) is 61.2 Å². The highest BCUT2D eigenvalue weighted by atomic mass is 32.2. The summed E-state index contributed by atoms with van der Waals surface area (Å²) in [4.78, 5) is 15.4. The first kappa shape index (κ1) is 20.8. The Morgan fingerprint density at radius 1 is 1.14 bits per heavy atom. The summed E-state index contributed by atoms with van der Waals surface area (Å²) >= 11 is 0. The van der Waals surface area contributed by atoms with Crippen molar-refractivity contribution < 1.29 is 17.6 Å². The van der Waals surface area contributed by atoms with Gasteiger partial charge in [-0.3, -0.25) is 4.79 Å². The number of aryl methyl sites for hydroxylation is 2. The van der Waals surface area contributed by atoms with Crippen LogP contribution in [-0.2, 0) is 21.1 Å². The van der Waals surface area contributed by atoms with Crippen molar-refractivity contribution in [3.05, 3.63) is 70.7 Å². The zero-order valence-electron chi connectivity index (χ0n) is 16.5. The van der Waals surface area contributed by atoms with Crippen molar-refractivity contribution in [3.63, 3.8) is 0 Å². The number of rotatable bonds is 6. The number of carbonyl (C=O) groups excluding carboxylic acids is 1. The molecule has 0 atom stereocenters. The van der Waals surface area contributed by atoms with Gasteiger partial charge in [-0.1, -0.05) is 18.2 Å². The molecule has 0 radical (unpaired) electrons. The molecule has 0 fully saturated rings. The van der Waals surface area contributed by atoms with Gasteiger partial charge in [0.2, 0.25) is 5.91 Å². The number of nitrogens with one attached hydrogen (secondary N) is 2. The summed E-state index contributed by atoms with van der Waals surface area (Å²) in [7, 11) is -3.24.